The van der Waals surface area contributed by atoms with Crippen LogP contribution >= 0.6 is 0 Å². The molecule has 2 aliphatic heterocycles. The number of amides is 1. The lowest BCUT2D eigenvalue weighted by atomic mass is 9.99. The third kappa shape index (κ3) is 4.05. The van der Waals surface area contributed by atoms with Crippen molar-refractivity contribution in [2.24, 2.45) is 0 Å². The highest BCUT2D eigenvalue weighted by Gasteiger charge is 2.29. The van der Waals surface area contributed by atoms with Gasteiger partial charge in [0, 0.05) is 38.6 Å². The molecule has 9 nitrogen and oxygen atoms in total. The van der Waals surface area contributed by atoms with Crippen LogP contribution in [0.15, 0.2) is 48.8 Å². The quantitative estimate of drug-likeness (QED) is 0.578. The number of benzene rings is 2. The summed E-state index contributed by atoms with van der Waals surface area (Å²) in [6, 6.07) is 13.5. The molecular weight excluding hydrogens is 406 g/mol. The molecule has 0 spiro atoms. The molecule has 1 aromatic heterocycles. The summed E-state index contributed by atoms with van der Waals surface area (Å²) in [6.07, 6.45) is 1.93. The van der Waals surface area contributed by atoms with Crippen molar-refractivity contribution in [3.05, 3.63) is 71.3 Å². The van der Waals surface area contributed by atoms with Crippen molar-refractivity contribution in [2.45, 2.75) is 12.3 Å². The molecule has 5 rings (SSSR count). The summed E-state index contributed by atoms with van der Waals surface area (Å²) in [5.41, 5.74) is 3.55. The van der Waals surface area contributed by atoms with Gasteiger partial charge in [-0.2, -0.15) is 0 Å². The zero-order valence-corrected chi connectivity index (χ0v) is 17.6. The second-order valence-corrected chi connectivity index (χ2v) is 8.09. The Labute approximate surface area is 186 Å². The van der Waals surface area contributed by atoms with E-state index < -0.39 is 0 Å². The summed E-state index contributed by atoms with van der Waals surface area (Å²) in [5, 5.41) is 11.1. The van der Waals surface area contributed by atoms with E-state index in [1.165, 1.54) is 0 Å². The highest BCUT2D eigenvalue weighted by Crippen LogP contribution is 2.41. The van der Waals surface area contributed by atoms with Crippen LogP contribution in [-0.4, -0.2) is 75.2 Å². The number of nitrogens with zero attached hydrogens (tertiary/aromatic N) is 7. The molecule has 2 aliphatic rings. The van der Waals surface area contributed by atoms with Gasteiger partial charge in [-0.1, -0.05) is 30.3 Å². The predicted octanol–water partition coefficient (Wildman–Crippen LogP) is 2.08. The maximum absolute atomic E-state index is 12.8. The van der Waals surface area contributed by atoms with Gasteiger partial charge in [-0.05, 0) is 33.7 Å². The molecule has 0 aliphatic carbocycles. The van der Waals surface area contributed by atoms with Crippen LogP contribution in [0.1, 0.15) is 17.0 Å². The van der Waals surface area contributed by atoms with Gasteiger partial charge in [0.2, 0.25) is 11.6 Å². The summed E-state index contributed by atoms with van der Waals surface area (Å²) in [4.78, 5) is 20.7. The summed E-state index contributed by atoms with van der Waals surface area (Å²) in [7, 11) is 0. The van der Waals surface area contributed by atoms with E-state index in [1.807, 2.05) is 35.2 Å². The van der Waals surface area contributed by atoms with Gasteiger partial charge in [0.25, 0.3) is 0 Å². The summed E-state index contributed by atoms with van der Waals surface area (Å²) >= 11 is 0. The average Bonchev–Trinajstić information content (AvgIpc) is 3.51. The highest BCUT2D eigenvalue weighted by molar-refractivity contribution is 5.79. The second-order valence-electron chi connectivity index (χ2n) is 8.09. The summed E-state index contributed by atoms with van der Waals surface area (Å²) in [5.74, 6) is 1.16. The lowest BCUT2D eigenvalue weighted by Crippen LogP contribution is -2.50. The van der Waals surface area contributed by atoms with Crippen molar-refractivity contribution >= 4 is 11.6 Å². The van der Waals surface area contributed by atoms with Crippen molar-refractivity contribution in [2.75, 3.05) is 39.3 Å². The van der Waals surface area contributed by atoms with Crippen LogP contribution in [0.25, 0.3) is 10.5 Å². The Morgan fingerprint density at radius 1 is 1.12 bits per heavy atom. The molecule has 162 valence electrons. The molecule has 0 radical (unpaired) electrons. The fourth-order valence-corrected chi connectivity index (χ4v) is 4.36. The topological polar surface area (TPSA) is 80.7 Å². The van der Waals surface area contributed by atoms with E-state index in [1.54, 1.807) is 17.1 Å². The van der Waals surface area contributed by atoms with E-state index in [4.69, 9.17) is 11.3 Å². The first kappa shape index (κ1) is 20.2. The van der Waals surface area contributed by atoms with Crippen molar-refractivity contribution in [3.63, 3.8) is 0 Å². The molecule has 1 amide bonds. The van der Waals surface area contributed by atoms with Gasteiger partial charge in [-0.3, -0.25) is 9.69 Å². The molecule has 1 atom stereocenters. The minimum absolute atomic E-state index is 0.149. The lowest BCUT2D eigenvalue weighted by molar-refractivity contribution is -0.132. The molecule has 32 heavy (non-hydrogen) atoms. The van der Waals surface area contributed by atoms with Gasteiger partial charge >= 0.3 is 0 Å². The number of carbonyl (C=O) groups is 1. The molecular formula is C23H23N7O2. The standard InChI is InChI=1S/C23H23N7O2/c1-24-21-4-2-3-20-18(15-32-23(20)21)14-28-9-11-29(12-10-28)22(31)13-17-5-7-19(8-6-17)30-16-25-26-27-30/h2-8,16,18H,9-15H2. The Kier molecular flexibility index (Phi) is 5.52. The van der Waals surface area contributed by atoms with Crippen LogP contribution in [0.2, 0.25) is 0 Å². The van der Waals surface area contributed by atoms with Gasteiger partial charge in [0.15, 0.2) is 0 Å². The summed E-state index contributed by atoms with van der Waals surface area (Å²) in [6.45, 7) is 11.9. The first-order valence-electron chi connectivity index (χ1n) is 10.7. The van der Waals surface area contributed by atoms with E-state index in [-0.39, 0.29) is 11.8 Å². The molecule has 2 aromatic carbocycles. The van der Waals surface area contributed by atoms with Crippen molar-refractivity contribution in [1.82, 2.24) is 30.0 Å². The number of carbonyl (C=O) groups excluding carboxylic acids is 1. The molecule has 1 unspecified atom stereocenters. The van der Waals surface area contributed by atoms with E-state index in [0.717, 1.165) is 55.3 Å². The van der Waals surface area contributed by atoms with E-state index >= 15 is 0 Å². The Balaban J connectivity index is 1.13. The number of tetrazole rings is 1. The van der Waals surface area contributed by atoms with Crippen LogP contribution < -0.4 is 4.74 Å². The van der Waals surface area contributed by atoms with Crippen molar-refractivity contribution < 1.29 is 9.53 Å². The number of hydrogen-bond donors (Lipinski definition) is 0. The third-order valence-corrected chi connectivity index (χ3v) is 6.12. The lowest BCUT2D eigenvalue weighted by Gasteiger charge is -2.35. The average molecular weight is 429 g/mol. The van der Waals surface area contributed by atoms with Crippen LogP contribution in [0.3, 0.4) is 0 Å². The maximum Gasteiger partial charge on any atom is 0.228 e. The molecule has 9 heteroatoms. The van der Waals surface area contributed by atoms with Crippen molar-refractivity contribution in [3.8, 4) is 11.4 Å². The monoisotopic (exact) mass is 429 g/mol. The first-order valence-corrected chi connectivity index (χ1v) is 10.7. The Bertz CT molecular complexity index is 1130. The number of para-hydroxylation sites is 1. The van der Waals surface area contributed by atoms with Gasteiger partial charge in [0.1, 0.15) is 12.1 Å². The van der Waals surface area contributed by atoms with E-state index in [0.29, 0.717) is 18.7 Å². The SMILES string of the molecule is [C-]#[N+]c1cccc2c1OCC2CN1CCN(C(=O)Cc2ccc(-n3cnnn3)cc2)CC1. The van der Waals surface area contributed by atoms with Gasteiger partial charge in [-0.25, -0.2) is 9.53 Å². The number of piperazine rings is 1. The number of aromatic nitrogens is 4. The van der Waals surface area contributed by atoms with Crippen LogP contribution in [0.5, 0.6) is 5.75 Å². The van der Waals surface area contributed by atoms with Crippen molar-refractivity contribution in [1.29, 1.82) is 0 Å². The summed E-state index contributed by atoms with van der Waals surface area (Å²) < 4.78 is 7.40. The molecule has 3 heterocycles. The highest BCUT2D eigenvalue weighted by atomic mass is 16.5. The fourth-order valence-electron chi connectivity index (χ4n) is 4.36. The Morgan fingerprint density at radius 2 is 1.94 bits per heavy atom. The predicted molar refractivity (Wildman–Crippen MR) is 117 cm³/mol. The fraction of sp³-hybridized carbons (Fsp3) is 0.348. The van der Waals surface area contributed by atoms with Gasteiger partial charge < -0.3 is 9.64 Å². The molecule has 3 aromatic rings. The molecule has 0 saturated carbocycles. The Morgan fingerprint density at radius 3 is 2.66 bits per heavy atom. The number of fused-ring (bicyclic) bond motifs is 1. The first-order chi connectivity index (χ1) is 15.7. The largest absolute Gasteiger partial charge is 0.504 e. The van der Waals surface area contributed by atoms with E-state index in [2.05, 4.69) is 31.3 Å². The smallest absolute Gasteiger partial charge is 0.228 e. The molecule has 1 saturated heterocycles. The van der Waals surface area contributed by atoms with Crippen LogP contribution in [0.4, 0.5) is 5.69 Å². The third-order valence-electron chi connectivity index (χ3n) is 6.12. The zero-order chi connectivity index (χ0) is 21.9. The van der Waals surface area contributed by atoms with Crippen LogP contribution in [0, 0.1) is 6.57 Å². The molecule has 0 N–H and O–H groups in total. The Hall–Kier alpha value is -3.77. The number of ether oxygens (including phenoxy) is 1. The number of rotatable bonds is 5. The zero-order valence-electron chi connectivity index (χ0n) is 17.6. The minimum atomic E-state index is 0.149. The maximum atomic E-state index is 12.8. The van der Waals surface area contributed by atoms with Gasteiger partial charge in [0.05, 0.1) is 25.3 Å². The number of hydrogen-bond acceptors (Lipinski definition) is 6. The van der Waals surface area contributed by atoms with Gasteiger partial charge in [-0.15, -0.1) is 5.10 Å². The normalized spacial score (nSPS) is 18.1. The minimum Gasteiger partial charge on any atom is -0.504 e. The second kappa shape index (κ2) is 8.77. The molecule has 1 fully saturated rings. The molecule has 0 bridgehead atoms. The van der Waals surface area contributed by atoms with E-state index in [9.17, 15) is 4.79 Å². The van der Waals surface area contributed by atoms with Crippen LogP contribution in [-0.2, 0) is 11.2 Å².